The van der Waals surface area contributed by atoms with Crippen LogP contribution in [0, 0.1) is 13.8 Å². The van der Waals surface area contributed by atoms with Crippen molar-refractivity contribution in [2.75, 3.05) is 36.4 Å². The van der Waals surface area contributed by atoms with E-state index >= 15 is 0 Å². The molecule has 1 N–H and O–H groups in total. The normalized spacial score (nSPS) is 14.2. The molecule has 28 heavy (non-hydrogen) atoms. The largest absolute Gasteiger partial charge is 0.353 e. The molecule has 1 saturated heterocycles. The van der Waals surface area contributed by atoms with Crippen LogP contribution in [-0.2, 0) is 0 Å². The lowest BCUT2D eigenvalue weighted by Gasteiger charge is -2.35. The van der Waals surface area contributed by atoms with E-state index in [1.807, 2.05) is 78.2 Å². The van der Waals surface area contributed by atoms with Crippen LogP contribution in [0.25, 0.3) is 5.82 Å². The molecule has 1 aliphatic heterocycles. The zero-order valence-electron chi connectivity index (χ0n) is 16.2. The minimum atomic E-state index is -0.0582. The molecule has 7 heteroatoms. The van der Waals surface area contributed by atoms with Crippen molar-refractivity contribution in [3.05, 3.63) is 66.2 Å². The molecule has 4 rings (SSSR count). The summed E-state index contributed by atoms with van der Waals surface area (Å²) in [5.41, 5.74) is 1.95. The second-order valence-electron chi connectivity index (χ2n) is 7.00. The van der Waals surface area contributed by atoms with Crippen molar-refractivity contribution in [2.24, 2.45) is 0 Å². The zero-order valence-corrected chi connectivity index (χ0v) is 16.2. The standard InChI is InChI=1S/C21H24N6O/c1-16-6-5-7-18(14-16)24-21(28)27-12-10-26(11-13-27)20-15-19(22-17(2)23-20)25-8-3-4-9-25/h3-9,14-15H,10-13H2,1-2H3,(H,24,28). The lowest BCUT2D eigenvalue weighted by molar-refractivity contribution is 0.208. The number of carbonyl (C=O) groups excluding carboxylic acids is 1. The monoisotopic (exact) mass is 376 g/mol. The third-order valence-electron chi connectivity index (χ3n) is 4.84. The average molecular weight is 376 g/mol. The Hall–Kier alpha value is -3.35. The molecular weight excluding hydrogens is 352 g/mol. The molecule has 7 nitrogen and oxygen atoms in total. The van der Waals surface area contributed by atoms with E-state index in [0.717, 1.165) is 41.8 Å². The first-order valence-electron chi connectivity index (χ1n) is 9.45. The summed E-state index contributed by atoms with van der Waals surface area (Å²) in [4.78, 5) is 25.7. The van der Waals surface area contributed by atoms with Gasteiger partial charge in [0.15, 0.2) is 0 Å². The van der Waals surface area contributed by atoms with E-state index < -0.39 is 0 Å². The number of aryl methyl sites for hydroxylation is 2. The fraction of sp³-hybridized carbons (Fsp3) is 0.286. The molecule has 0 bridgehead atoms. The summed E-state index contributed by atoms with van der Waals surface area (Å²) in [6.07, 6.45) is 3.94. The summed E-state index contributed by atoms with van der Waals surface area (Å²) in [7, 11) is 0. The molecule has 0 unspecified atom stereocenters. The van der Waals surface area contributed by atoms with Gasteiger partial charge in [-0.25, -0.2) is 14.8 Å². The fourth-order valence-corrected chi connectivity index (χ4v) is 3.38. The Morgan fingerprint density at radius 3 is 2.36 bits per heavy atom. The summed E-state index contributed by atoms with van der Waals surface area (Å²) in [6.45, 7) is 6.70. The molecule has 3 heterocycles. The minimum Gasteiger partial charge on any atom is -0.353 e. The Morgan fingerprint density at radius 2 is 1.64 bits per heavy atom. The highest BCUT2D eigenvalue weighted by molar-refractivity contribution is 5.89. The lowest BCUT2D eigenvalue weighted by Crippen LogP contribution is -2.50. The summed E-state index contributed by atoms with van der Waals surface area (Å²) in [5, 5.41) is 2.98. The Morgan fingerprint density at radius 1 is 0.929 bits per heavy atom. The van der Waals surface area contributed by atoms with Crippen molar-refractivity contribution >= 4 is 17.5 Å². The van der Waals surface area contributed by atoms with Crippen molar-refractivity contribution in [3.63, 3.8) is 0 Å². The van der Waals surface area contributed by atoms with Crippen LogP contribution in [0.3, 0.4) is 0 Å². The van der Waals surface area contributed by atoms with Crippen LogP contribution >= 0.6 is 0 Å². The van der Waals surface area contributed by atoms with Crippen LogP contribution in [0.5, 0.6) is 0 Å². The van der Waals surface area contributed by atoms with E-state index in [-0.39, 0.29) is 6.03 Å². The van der Waals surface area contributed by atoms with E-state index in [2.05, 4.69) is 20.2 Å². The first-order chi connectivity index (χ1) is 13.6. The molecule has 144 valence electrons. The van der Waals surface area contributed by atoms with Crippen molar-refractivity contribution in [1.82, 2.24) is 19.4 Å². The molecule has 0 radical (unpaired) electrons. The maximum absolute atomic E-state index is 12.6. The number of piperazine rings is 1. The summed E-state index contributed by atoms with van der Waals surface area (Å²) in [5.74, 6) is 2.49. The maximum Gasteiger partial charge on any atom is 0.321 e. The van der Waals surface area contributed by atoms with Crippen LogP contribution in [0.15, 0.2) is 54.9 Å². The van der Waals surface area contributed by atoms with Gasteiger partial charge in [0.2, 0.25) is 0 Å². The van der Waals surface area contributed by atoms with Gasteiger partial charge in [0.05, 0.1) is 0 Å². The van der Waals surface area contributed by atoms with Gasteiger partial charge in [0.1, 0.15) is 17.5 Å². The number of aromatic nitrogens is 3. The third-order valence-corrected chi connectivity index (χ3v) is 4.84. The molecule has 2 aromatic heterocycles. The second-order valence-corrected chi connectivity index (χ2v) is 7.00. The third kappa shape index (κ3) is 3.98. The molecule has 2 amide bonds. The topological polar surface area (TPSA) is 66.3 Å². The zero-order chi connectivity index (χ0) is 19.5. The number of urea groups is 1. The summed E-state index contributed by atoms with van der Waals surface area (Å²) >= 11 is 0. The number of nitrogens with one attached hydrogen (secondary N) is 1. The van der Waals surface area contributed by atoms with Gasteiger partial charge in [-0.05, 0) is 43.7 Å². The van der Waals surface area contributed by atoms with Gasteiger partial charge < -0.3 is 19.7 Å². The van der Waals surface area contributed by atoms with Crippen LogP contribution in [0.2, 0.25) is 0 Å². The van der Waals surface area contributed by atoms with Crippen LogP contribution in [-0.4, -0.2) is 51.6 Å². The van der Waals surface area contributed by atoms with Crippen molar-refractivity contribution in [2.45, 2.75) is 13.8 Å². The minimum absolute atomic E-state index is 0.0582. The van der Waals surface area contributed by atoms with Crippen LogP contribution < -0.4 is 10.2 Å². The van der Waals surface area contributed by atoms with E-state index in [0.29, 0.717) is 13.1 Å². The Balaban J connectivity index is 1.41. The van der Waals surface area contributed by atoms with Gasteiger partial charge in [0.25, 0.3) is 0 Å². The molecule has 1 fully saturated rings. The second kappa shape index (κ2) is 7.72. The molecular formula is C21H24N6O. The molecule has 1 aromatic carbocycles. The first kappa shape index (κ1) is 18.0. The van der Waals surface area contributed by atoms with E-state index in [1.54, 1.807) is 0 Å². The maximum atomic E-state index is 12.6. The van der Waals surface area contributed by atoms with Crippen LogP contribution in [0.1, 0.15) is 11.4 Å². The Bertz CT molecular complexity index is 961. The van der Waals surface area contributed by atoms with Gasteiger partial charge in [-0.3, -0.25) is 0 Å². The predicted octanol–water partition coefficient (Wildman–Crippen LogP) is 3.24. The number of amides is 2. The number of hydrogen-bond donors (Lipinski definition) is 1. The van der Waals surface area contributed by atoms with Crippen LogP contribution in [0.4, 0.5) is 16.3 Å². The van der Waals surface area contributed by atoms with Gasteiger partial charge in [-0.1, -0.05) is 12.1 Å². The van der Waals surface area contributed by atoms with Crippen molar-refractivity contribution in [1.29, 1.82) is 0 Å². The molecule has 3 aromatic rings. The van der Waals surface area contributed by atoms with Crippen molar-refractivity contribution in [3.8, 4) is 5.82 Å². The smallest absolute Gasteiger partial charge is 0.321 e. The molecule has 1 aliphatic rings. The highest BCUT2D eigenvalue weighted by Gasteiger charge is 2.22. The number of nitrogens with zero attached hydrogens (tertiary/aromatic N) is 5. The first-order valence-corrected chi connectivity index (χ1v) is 9.45. The highest BCUT2D eigenvalue weighted by Crippen LogP contribution is 2.18. The van der Waals surface area contributed by atoms with E-state index in [9.17, 15) is 4.79 Å². The Kier molecular flexibility index (Phi) is 4.97. The fourth-order valence-electron chi connectivity index (χ4n) is 3.38. The van der Waals surface area contributed by atoms with Gasteiger partial charge in [-0.15, -0.1) is 0 Å². The molecule has 0 aliphatic carbocycles. The summed E-state index contributed by atoms with van der Waals surface area (Å²) < 4.78 is 1.98. The van der Waals surface area contributed by atoms with Gasteiger partial charge >= 0.3 is 6.03 Å². The SMILES string of the molecule is Cc1cccc(NC(=O)N2CCN(c3cc(-n4cccc4)nc(C)n3)CC2)c1. The molecule has 0 spiro atoms. The number of rotatable bonds is 3. The number of anilines is 2. The predicted molar refractivity (Wildman–Crippen MR) is 110 cm³/mol. The average Bonchev–Trinajstić information content (AvgIpc) is 3.22. The number of hydrogen-bond acceptors (Lipinski definition) is 4. The lowest BCUT2D eigenvalue weighted by atomic mass is 10.2. The summed E-state index contributed by atoms with van der Waals surface area (Å²) in [6, 6.07) is 13.7. The number of benzene rings is 1. The van der Waals surface area contributed by atoms with E-state index in [1.165, 1.54) is 0 Å². The van der Waals surface area contributed by atoms with Gasteiger partial charge in [-0.2, -0.15) is 0 Å². The van der Waals surface area contributed by atoms with Crippen molar-refractivity contribution < 1.29 is 4.79 Å². The van der Waals surface area contributed by atoms with Gasteiger partial charge in [0, 0.05) is 50.3 Å². The Labute approximate surface area is 164 Å². The number of carbonyl (C=O) groups is 1. The molecule has 0 atom stereocenters. The quantitative estimate of drug-likeness (QED) is 0.762. The highest BCUT2D eigenvalue weighted by atomic mass is 16.2. The molecule has 0 saturated carbocycles. The van der Waals surface area contributed by atoms with E-state index in [4.69, 9.17) is 0 Å².